The molecule has 96 valence electrons. The van der Waals surface area contributed by atoms with Crippen LogP contribution in [0, 0.1) is 6.92 Å². The minimum Gasteiger partial charge on any atom is -0.306 e. The monoisotopic (exact) mass is 323 g/mol. The Morgan fingerprint density at radius 1 is 1.22 bits per heavy atom. The van der Waals surface area contributed by atoms with Crippen molar-refractivity contribution in [2.75, 3.05) is 6.54 Å². The Kier molecular flexibility index (Phi) is 4.98. The Morgan fingerprint density at radius 3 is 2.50 bits per heavy atom. The van der Waals surface area contributed by atoms with Gasteiger partial charge in [0.1, 0.15) is 0 Å². The molecule has 0 saturated heterocycles. The predicted molar refractivity (Wildman–Crippen MR) is 83.3 cm³/mol. The number of hydrogen-bond donors (Lipinski definition) is 1. The maximum Gasteiger partial charge on any atom is 0.0673 e. The molecule has 0 bridgehead atoms. The Bertz CT molecular complexity index is 489. The molecule has 0 aliphatic heterocycles. The lowest BCUT2D eigenvalue weighted by molar-refractivity contribution is 0.604. The lowest BCUT2D eigenvalue weighted by atomic mass is 10.0. The van der Waals surface area contributed by atoms with Crippen LogP contribution >= 0.6 is 27.3 Å². The van der Waals surface area contributed by atoms with Crippen LogP contribution in [0.25, 0.3) is 0 Å². The first kappa shape index (κ1) is 13.8. The van der Waals surface area contributed by atoms with Gasteiger partial charge in [0.25, 0.3) is 0 Å². The highest BCUT2D eigenvalue weighted by atomic mass is 79.9. The van der Waals surface area contributed by atoms with Gasteiger partial charge < -0.3 is 5.32 Å². The van der Waals surface area contributed by atoms with E-state index in [9.17, 15) is 0 Å². The second-order valence-corrected chi connectivity index (χ2v) is 6.27. The van der Waals surface area contributed by atoms with Crippen LogP contribution in [0.2, 0.25) is 0 Å². The number of thiophene rings is 1. The molecule has 0 aliphatic carbocycles. The molecule has 1 nitrogen and oxygen atoms in total. The molecule has 0 fully saturated rings. The lowest BCUT2D eigenvalue weighted by Crippen LogP contribution is -2.22. The fourth-order valence-electron chi connectivity index (χ4n) is 1.99. The minimum atomic E-state index is 0.318. The topological polar surface area (TPSA) is 12.0 Å². The molecule has 1 N–H and O–H groups in total. The Hall–Kier alpha value is -0.640. The van der Waals surface area contributed by atoms with Crippen molar-refractivity contribution < 1.29 is 0 Å². The lowest BCUT2D eigenvalue weighted by Gasteiger charge is -2.19. The Morgan fingerprint density at radius 2 is 1.94 bits per heavy atom. The predicted octanol–water partition coefficient (Wildman–Crippen LogP) is 4.91. The first-order valence-electron chi connectivity index (χ1n) is 6.25. The largest absolute Gasteiger partial charge is 0.306 e. The maximum absolute atomic E-state index is 3.64. The van der Waals surface area contributed by atoms with Gasteiger partial charge in [-0.15, -0.1) is 11.3 Å². The van der Waals surface area contributed by atoms with Gasteiger partial charge in [-0.3, -0.25) is 0 Å². The highest BCUT2D eigenvalue weighted by Gasteiger charge is 2.16. The van der Waals surface area contributed by atoms with Crippen LogP contribution in [-0.2, 0) is 0 Å². The van der Waals surface area contributed by atoms with Crippen molar-refractivity contribution in [1.82, 2.24) is 5.32 Å². The standard InChI is InChI=1S/C15H18BrNS/c1-3-9-17-14(15-11(2)8-10-18-15)12-4-6-13(16)7-5-12/h4-8,10,14,17H,3,9H2,1-2H3. The SMILES string of the molecule is CCCNC(c1ccc(Br)cc1)c1sccc1C. The zero-order valence-corrected chi connectivity index (χ0v) is 13.1. The third-order valence-corrected chi connectivity index (χ3v) is 4.58. The molecule has 0 radical (unpaired) electrons. The van der Waals surface area contributed by atoms with E-state index in [-0.39, 0.29) is 0 Å². The third kappa shape index (κ3) is 3.22. The van der Waals surface area contributed by atoms with Gasteiger partial charge in [-0.25, -0.2) is 0 Å². The van der Waals surface area contributed by atoms with Crippen molar-refractivity contribution in [3.05, 3.63) is 56.2 Å². The molecule has 1 unspecified atom stereocenters. The molecule has 1 heterocycles. The van der Waals surface area contributed by atoms with Crippen molar-refractivity contribution in [2.45, 2.75) is 26.3 Å². The van der Waals surface area contributed by atoms with E-state index in [2.05, 4.69) is 70.8 Å². The zero-order valence-electron chi connectivity index (χ0n) is 10.7. The molecule has 1 atom stereocenters. The summed E-state index contributed by atoms with van der Waals surface area (Å²) in [5, 5.41) is 5.81. The fraction of sp³-hybridized carbons (Fsp3) is 0.333. The van der Waals surface area contributed by atoms with Gasteiger partial charge in [0, 0.05) is 9.35 Å². The van der Waals surface area contributed by atoms with Crippen molar-refractivity contribution in [3.63, 3.8) is 0 Å². The van der Waals surface area contributed by atoms with E-state index in [1.807, 2.05) is 11.3 Å². The van der Waals surface area contributed by atoms with Crippen LogP contribution in [0.1, 0.15) is 35.4 Å². The normalized spacial score (nSPS) is 12.6. The Balaban J connectivity index is 2.30. The molecule has 0 saturated carbocycles. The average molecular weight is 324 g/mol. The number of rotatable bonds is 5. The summed E-state index contributed by atoms with van der Waals surface area (Å²) in [4.78, 5) is 1.42. The number of nitrogens with one attached hydrogen (secondary N) is 1. The summed E-state index contributed by atoms with van der Waals surface area (Å²) in [6, 6.07) is 11.1. The van der Waals surface area contributed by atoms with Crippen LogP contribution in [0.4, 0.5) is 0 Å². The van der Waals surface area contributed by atoms with Crippen LogP contribution in [0.15, 0.2) is 40.2 Å². The number of aryl methyl sites for hydroxylation is 1. The number of halogens is 1. The van der Waals surface area contributed by atoms with E-state index in [1.165, 1.54) is 16.0 Å². The smallest absolute Gasteiger partial charge is 0.0673 e. The maximum atomic E-state index is 3.64. The van der Waals surface area contributed by atoms with Gasteiger partial charge in [0.15, 0.2) is 0 Å². The van der Waals surface area contributed by atoms with Crippen molar-refractivity contribution in [1.29, 1.82) is 0 Å². The van der Waals surface area contributed by atoms with E-state index < -0.39 is 0 Å². The van der Waals surface area contributed by atoms with Gasteiger partial charge in [-0.2, -0.15) is 0 Å². The van der Waals surface area contributed by atoms with E-state index in [0.717, 1.165) is 17.4 Å². The Labute approximate surface area is 121 Å². The fourth-order valence-corrected chi connectivity index (χ4v) is 3.28. The van der Waals surface area contributed by atoms with Gasteiger partial charge in [0.05, 0.1) is 6.04 Å². The molecule has 0 amide bonds. The summed E-state index contributed by atoms with van der Waals surface area (Å²) < 4.78 is 1.13. The summed E-state index contributed by atoms with van der Waals surface area (Å²) in [6.07, 6.45) is 1.15. The third-order valence-electron chi connectivity index (χ3n) is 2.97. The molecule has 2 aromatic rings. The minimum absolute atomic E-state index is 0.318. The summed E-state index contributed by atoms with van der Waals surface area (Å²) in [5.74, 6) is 0. The van der Waals surface area contributed by atoms with E-state index >= 15 is 0 Å². The zero-order chi connectivity index (χ0) is 13.0. The van der Waals surface area contributed by atoms with E-state index in [0.29, 0.717) is 6.04 Å². The van der Waals surface area contributed by atoms with Crippen LogP contribution < -0.4 is 5.32 Å². The van der Waals surface area contributed by atoms with Crippen molar-refractivity contribution >= 4 is 27.3 Å². The molecule has 0 spiro atoms. The number of benzene rings is 1. The van der Waals surface area contributed by atoms with Crippen molar-refractivity contribution in [3.8, 4) is 0 Å². The molecule has 1 aromatic carbocycles. The summed E-state index contributed by atoms with van der Waals surface area (Å²) in [5.41, 5.74) is 2.70. The molecule has 3 heteroatoms. The van der Waals surface area contributed by atoms with E-state index in [4.69, 9.17) is 0 Å². The van der Waals surface area contributed by atoms with E-state index in [1.54, 1.807) is 0 Å². The summed E-state index contributed by atoms with van der Waals surface area (Å²) >= 11 is 5.33. The second kappa shape index (κ2) is 6.50. The summed E-state index contributed by atoms with van der Waals surface area (Å²) in [7, 11) is 0. The average Bonchev–Trinajstić information content (AvgIpc) is 2.78. The van der Waals surface area contributed by atoms with Gasteiger partial charge >= 0.3 is 0 Å². The quantitative estimate of drug-likeness (QED) is 0.824. The highest BCUT2D eigenvalue weighted by molar-refractivity contribution is 9.10. The first-order chi connectivity index (χ1) is 8.72. The van der Waals surface area contributed by atoms with Crippen LogP contribution in [-0.4, -0.2) is 6.54 Å². The molecular weight excluding hydrogens is 306 g/mol. The molecule has 18 heavy (non-hydrogen) atoms. The molecule has 1 aromatic heterocycles. The second-order valence-electron chi connectivity index (χ2n) is 4.41. The summed E-state index contributed by atoms with van der Waals surface area (Å²) in [6.45, 7) is 5.43. The van der Waals surface area contributed by atoms with Crippen LogP contribution in [0.5, 0.6) is 0 Å². The molecule has 0 aliphatic rings. The highest BCUT2D eigenvalue weighted by Crippen LogP contribution is 2.30. The van der Waals surface area contributed by atoms with Crippen molar-refractivity contribution in [2.24, 2.45) is 0 Å². The molecular formula is C15H18BrNS. The first-order valence-corrected chi connectivity index (χ1v) is 7.92. The van der Waals surface area contributed by atoms with Gasteiger partial charge in [-0.05, 0) is 54.6 Å². The van der Waals surface area contributed by atoms with Crippen LogP contribution in [0.3, 0.4) is 0 Å². The number of hydrogen-bond acceptors (Lipinski definition) is 2. The van der Waals surface area contributed by atoms with Gasteiger partial charge in [-0.1, -0.05) is 35.0 Å². The molecule has 2 rings (SSSR count). The van der Waals surface area contributed by atoms with Gasteiger partial charge in [0.2, 0.25) is 0 Å².